The number of benzene rings is 1. The first kappa shape index (κ1) is 17.0. The lowest BCUT2D eigenvalue weighted by molar-refractivity contribution is -0.144. The Hall–Kier alpha value is -2.04. The summed E-state index contributed by atoms with van der Waals surface area (Å²) in [7, 11) is 0. The number of carboxylic acid groups (broad SMARTS) is 1. The average Bonchev–Trinajstić information content (AvgIpc) is 2.43. The first-order valence-electron chi connectivity index (χ1n) is 7.16. The van der Waals surface area contributed by atoms with E-state index in [-0.39, 0.29) is 18.4 Å². The molecule has 5 nitrogen and oxygen atoms in total. The quantitative estimate of drug-likeness (QED) is 0.710. The van der Waals surface area contributed by atoms with E-state index in [9.17, 15) is 9.59 Å². The number of carbonyl (C=O) groups excluding carboxylic acids is 1. The molecule has 21 heavy (non-hydrogen) atoms. The molecule has 5 heteroatoms. The Bertz CT molecular complexity index is 445. The van der Waals surface area contributed by atoms with E-state index in [1.807, 2.05) is 44.2 Å². The van der Waals surface area contributed by atoms with Gasteiger partial charge in [-0.1, -0.05) is 32.0 Å². The van der Waals surface area contributed by atoms with Gasteiger partial charge in [-0.2, -0.15) is 0 Å². The molecule has 0 unspecified atom stereocenters. The number of para-hydroxylation sites is 1. The van der Waals surface area contributed by atoms with Crippen LogP contribution in [0.5, 0.6) is 5.75 Å². The number of rotatable bonds is 9. The Morgan fingerprint density at radius 1 is 1.24 bits per heavy atom. The van der Waals surface area contributed by atoms with Crippen molar-refractivity contribution < 1.29 is 19.4 Å². The van der Waals surface area contributed by atoms with Gasteiger partial charge in [-0.05, 0) is 24.5 Å². The van der Waals surface area contributed by atoms with Crippen LogP contribution in [-0.2, 0) is 9.59 Å². The first-order chi connectivity index (χ1) is 9.99. The van der Waals surface area contributed by atoms with Crippen molar-refractivity contribution in [3.05, 3.63) is 30.3 Å². The summed E-state index contributed by atoms with van der Waals surface area (Å²) < 4.78 is 5.51. The maximum absolute atomic E-state index is 12.0. The molecule has 116 valence electrons. The van der Waals surface area contributed by atoms with E-state index >= 15 is 0 Å². The molecule has 0 fully saturated rings. The Balaban J connectivity index is 2.34. The molecule has 0 aliphatic rings. The van der Waals surface area contributed by atoms with Gasteiger partial charge < -0.3 is 14.7 Å². The van der Waals surface area contributed by atoms with Gasteiger partial charge in [-0.25, -0.2) is 0 Å². The minimum atomic E-state index is -0.982. The lowest BCUT2D eigenvalue weighted by atomic mass is 10.2. The number of carboxylic acids is 1. The maximum atomic E-state index is 12.0. The minimum Gasteiger partial charge on any atom is -0.494 e. The third-order valence-corrected chi connectivity index (χ3v) is 2.81. The van der Waals surface area contributed by atoms with Crippen molar-refractivity contribution in [2.24, 2.45) is 5.92 Å². The second-order valence-electron chi connectivity index (χ2n) is 5.33. The van der Waals surface area contributed by atoms with Crippen LogP contribution in [0.4, 0.5) is 0 Å². The van der Waals surface area contributed by atoms with Gasteiger partial charge in [-0.15, -0.1) is 0 Å². The number of carbonyl (C=O) groups is 2. The van der Waals surface area contributed by atoms with E-state index in [0.717, 1.165) is 5.75 Å². The normalized spacial score (nSPS) is 10.4. The van der Waals surface area contributed by atoms with E-state index in [1.165, 1.54) is 4.90 Å². The van der Waals surface area contributed by atoms with Gasteiger partial charge in [0.05, 0.1) is 6.61 Å². The minimum absolute atomic E-state index is 0.136. The van der Waals surface area contributed by atoms with E-state index in [2.05, 4.69) is 0 Å². The fourth-order valence-corrected chi connectivity index (χ4v) is 1.95. The standard InChI is InChI=1S/C16H23NO4/c1-13(2)11-17(12-16(19)20)15(18)9-6-10-21-14-7-4-3-5-8-14/h3-5,7-8,13H,6,9-12H2,1-2H3,(H,19,20). The van der Waals surface area contributed by atoms with E-state index in [4.69, 9.17) is 9.84 Å². The van der Waals surface area contributed by atoms with Crippen LogP contribution in [0.1, 0.15) is 26.7 Å². The molecule has 0 aliphatic carbocycles. The van der Waals surface area contributed by atoms with Crippen molar-refractivity contribution in [2.45, 2.75) is 26.7 Å². The molecule has 0 spiro atoms. The van der Waals surface area contributed by atoms with Gasteiger partial charge in [0.15, 0.2) is 0 Å². The summed E-state index contributed by atoms with van der Waals surface area (Å²) in [5.74, 6) is -0.101. The Labute approximate surface area is 125 Å². The molecule has 1 aromatic carbocycles. The van der Waals surface area contributed by atoms with Gasteiger partial charge in [0.1, 0.15) is 12.3 Å². The van der Waals surface area contributed by atoms with Crippen LogP contribution in [0, 0.1) is 5.92 Å². The van der Waals surface area contributed by atoms with Crippen molar-refractivity contribution >= 4 is 11.9 Å². The van der Waals surface area contributed by atoms with Crippen LogP contribution in [0.25, 0.3) is 0 Å². The number of hydrogen-bond donors (Lipinski definition) is 1. The summed E-state index contributed by atoms with van der Waals surface area (Å²) in [6.07, 6.45) is 0.870. The zero-order valence-electron chi connectivity index (χ0n) is 12.6. The van der Waals surface area contributed by atoms with Gasteiger partial charge in [0.25, 0.3) is 0 Å². The van der Waals surface area contributed by atoms with Crippen molar-refractivity contribution in [1.29, 1.82) is 0 Å². The summed E-state index contributed by atoms with van der Waals surface area (Å²) in [5.41, 5.74) is 0. The van der Waals surface area contributed by atoms with Crippen molar-refractivity contribution in [3.63, 3.8) is 0 Å². The van der Waals surface area contributed by atoms with Gasteiger partial charge in [-0.3, -0.25) is 9.59 Å². The van der Waals surface area contributed by atoms with Crippen molar-refractivity contribution in [3.8, 4) is 5.75 Å². The second kappa shape index (κ2) is 9.00. The molecule has 0 atom stereocenters. The SMILES string of the molecule is CC(C)CN(CC(=O)O)C(=O)CCCOc1ccccc1. The zero-order chi connectivity index (χ0) is 15.7. The Morgan fingerprint density at radius 3 is 2.48 bits per heavy atom. The predicted molar refractivity (Wildman–Crippen MR) is 80.2 cm³/mol. The van der Waals surface area contributed by atoms with Crippen molar-refractivity contribution in [2.75, 3.05) is 19.7 Å². The molecule has 1 rings (SSSR count). The fourth-order valence-electron chi connectivity index (χ4n) is 1.95. The number of amides is 1. The third-order valence-electron chi connectivity index (χ3n) is 2.81. The summed E-state index contributed by atoms with van der Waals surface area (Å²) in [4.78, 5) is 24.2. The van der Waals surface area contributed by atoms with Crippen molar-refractivity contribution in [1.82, 2.24) is 4.90 Å². The highest BCUT2D eigenvalue weighted by Crippen LogP contribution is 2.09. The smallest absolute Gasteiger partial charge is 0.323 e. The molecule has 0 aromatic heterocycles. The van der Waals surface area contributed by atoms with Crippen LogP contribution < -0.4 is 4.74 Å². The van der Waals surface area contributed by atoms with Gasteiger partial charge in [0, 0.05) is 13.0 Å². The number of hydrogen-bond acceptors (Lipinski definition) is 3. The molecule has 1 N–H and O–H groups in total. The molecule has 0 bridgehead atoms. The fraction of sp³-hybridized carbons (Fsp3) is 0.500. The molecule has 0 saturated carbocycles. The van der Waals surface area contributed by atoms with Crippen LogP contribution in [-0.4, -0.2) is 41.6 Å². The molecular weight excluding hydrogens is 270 g/mol. The molecule has 1 aromatic rings. The van der Waals surface area contributed by atoms with E-state index in [0.29, 0.717) is 26.0 Å². The lowest BCUT2D eigenvalue weighted by Crippen LogP contribution is -2.38. The highest BCUT2D eigenvalue weighted by atomic mass is 16.5. The van der Waals surface area contributed by atoms with Crippen LogP contribution in [0.2, 0.25) is 0 Å². The average molecular weight is 293 g/mol. The van der Waals surface area contributed by atoms with Crippen LogP contribution in [0.3, 0.4) is 0 Å². The summed E-state index contributed by atoms with van der Waals surface area (Å²) >= 11 is 0. The molecule has 0 saturated heterocycles. The maximum Gasteiger partial charge on any atom is 0.323 e. The van der Waals surface area contributed by atoms with Gasteiger partial charge >= 0.3 is 5.97 Å². The molecule has 0 radical (unpaired) electrons. The molecule has 0 heterocycles. The highest BCUT2D eigenvalue weighted by Gasteiger charge is 2.17. The zero-order valence-corrected chi connectivity index (χ0v) is 12.6. The number of ether oxygens (including phenoxy) is 1. The summed E-state index contributed by atoms with van der Waals surface area (Å²) in [6.45, 7) is 4.58. The summed E-state index contributed by atoms with van der Waals surface area (Å²) in [6, 6.07) is 9.40. The third kappa shape index (κ3) is 7.34. The topological polar surface area (TPSA) is 66.8 Å². The largest absolute Gasteiger partial charge is 0.494 e. The Kier molecular flexibility index (Phi) is 7.29. The summed E-state index contributed by atoms with van der Waals surface area (Å²) in [5, 5.41) is 8.85. The highest BCUT2D eigenvalue weighted by molar-refractivity contribution is 5.81. The monoisotopic (exact) mass is 293 g/mol. The van der Waals surface area contributed by atoms with E-state index in [1.54, 1.807) is 0 Å². The van der Waals surface area contributed by atoms with E-state index < -0.39 is 5.97 Å². The molecule has 1 amide bonds. The number of nitrogens with zero attached hydrogens (tertiary/aromatic N) is 1. The van der Waals surface area contributed by atoms with Crippen LogP contribution >= 0.6 is 0 Å². The number of aliphatic carboxylic acids is 1. The molecular formula is C16H23NO4. The second-order valence-corrected chi connectivity index (χ2v) is 5.33. The predicted octanol–water partition coefficient (Wildman–Crippen LogP) is 2.41. The lowest BCUT2D eigenvalue weighted by Gasteiger charge is -2.22. The first-order valence-corrected chi connectivity index (χ1v) is 7.16. The molecule has 0 aliphatic heterocycles. The van der Waals surface area contributed by atoms with Gasteiger partial charge in [0.2, 0.25) is 5.91 Å². The Morgan fingerprint density at radius 2 is 1.90 bits per heavy atom. The van der Waals surface area contributed by atoms with Crippen LogP contribution in [0.15, 0.2) is 30.3 Å².